The fraction of sp³-hybridized carbons (Fsp3) is 0.667. The molecule has 21 heavy (non-hydrogen) atoms. The summed E-state index contributed by atoms with van der Waals surface area (Å²) in [6.07, 6.45) is 4.04. The lowest BCUT2D eigenvalue weighted by atomic mass is 9.90. The topological polar surface area (TPSA) is 75.4 Å². The molecule has 2 heterocycles. The van der Waals surface area contributed by atoms with Crippen LogP contribution in [0.4, 0.5) is 0 Å². The first-order valence-electron chi connectivity index (χ1n) is 6.67. The molecule has 0 aliphatic carbocycles. The van der Waals surface area contributed by atoms with Crippen molar-refractivity contribution < 1.29 is 8.42 Å². The first-order chi connectivity index (χ1) is 9.81. The number of nitrogens with two attached hydrogens (primary N) is 1. The second-order valence-electron chi connectivity index (χ2n) is 5.36. The van der Waals surface area contributed by atoms with Crippen molar-refractivity contribution in [2.75, 3.05) is 19.3 Å². The van der Waals surface area contributed by atoms with Crippen molar-refractivity contribution in [3.05, 3.63) is 19.2 Å². The van der Waals surface area contributed by atoms with Crippen LogP contribution in [0.3, 0.4) is 0 Å². The van der Waals surface area contributed by atoms with Gasteiger partial charge in [0.1, 0.15) is 0 Å². The number of hydrogen-bond donors (Lipinski definition) is 2. The van der Waals surface area contributed by atoms with Gasteiger partial charge in [-0.15, -0.1) is 11.3 Å². The highest BCUT2D eigenvalue weighted by atomic mass is 79.9. The van der Waals surface area contributed by atoms with E-state index in [2.05, 4.69) is 43.4 Å². The third kappa shape index (κ3) is 4.73. The van der Waals surface area contributed by atoms with Gasteiger partial charge in [-0.3, -0.25) is 11.3 Å². The number of hydrazine groups is 1. The van der Waals surface area contributed by atoms with Crippen LogP contribution in [-0.4, -0.2) is 32.1 Å². The summed E-state index contributed by atoms with van der Waals surface area (Å²) in [6, 6.07) is 2.07. The van der Waals surface area contributed by atoms with Crippen LogP contribution in [0.1, 0.15) is 30.9 Å². The molecule has 2 unspecified atom stereocenters. The molecular weight excluding hydrogens is 442 g/mol. The Kier molecular flexibility index (Phi) is 6.26. The molecule has 1 aromatic rings. The van der Waals surface area contributed by atoms with Gasteiger partial charge in [0.05, 0.1) is 13.8 Å². The zero-order valence-electron chi connectivity index (χ0n) is 11.7. The van der Waals surface area contributed by atoms with Crippen LogP contribution in [0.15, 0.2) is 13.6 Å². The van der Waals surface area contributed by atoms with E-state index in [9.17, 15) is 8.42 Å². The molecule has 1 fully saturated rings. The van der Waals surface area contributed by atoms with Crippen LogP contribution >= 0.6 is 43.2 Å². The molecule has 0 amide bonds. The van der Waals surface area contributed by atoms with E-state index in [-0.39, 0.29) is 6.04 Å². The maximum absolute atomic E-state index is 11.7. The van der Waals surface area contributed by atoms with E-state index < -0.39 is 10.0 Å². The van der Waals surface area contributed by atoms with Crippen molar-refractivity contribution in [1.29, 1.82) is 0 Å². The van der Waals surface area contributed by atoms with Gasteiger partial charge in [-0.2, -0.15) is 0 Å². The smallest absolute Gasteiger partial charge is 0.211 e. The molecule has 1 aromatic heterocycles. The van der Waals surface area contributed by atoms with Gasteiger partial charge in [-0.25, -0.2) is 12.7 Å². The highest BCUT2D eigenvalue weighted by molar-refractivity contribution is 9.12. The normalized spacial score (nSPS) is 22.4. The summed E-state index contributed by atoms with van der Waals surface area (Å²) >= 11 is 8.64. The van der Waals surface area contributed by atoms with Crippen molar-refractivity contribution in [2.24, 2.45) is 11.8 Å². The molecule has 1 aliphatic rings. The molecule has 3 N–H and O–H groups in total. The summed E-state index contributed by atoms with van der Waals surface area (Å²) < 4.78 is 27.0. The van der Waals surface area contributed by atoms with Crippen LogP contribution in [0.25, 0.3) is 0 Å². The van der Waals surface area contributed by atoms with Gasteiger partial charge in [0.2, 0.25) is 10.0 Å². The second-order valence-corrected chi connectivity index (χ2v) is 11.1. The first kappa shape index (κ1) is 17.8. The average molecular weight is 461 g/mol. The Morgan fingerprint density at radius 1 is 1.57 bits per heavy atom. The summed E-state index contributed by atoms with van der Waals surface area (Å²) in [5, 5.41) is 0. The predicted octanol–water partition coefficient (Wildman–Crippen LogP) is 2.84. The molecule has 0 bridgehead atoms. The summed E-state index contributed by atoms with van der Waals surface area (Å²) in [4.78, 5) is 0. The van der Waals surface area contributed by atoms with Crippen LogP contribution in [0.5, 0.6) is 0 Å². The number of hydrogen-bond acceptors (Lipinski definition) is 5. The lowest BCUT2D eigenvalue weighted by molar-refractivity contribution is 0.238. The number of thiophene rings is 1. The highest BCUT2D eigenvalue weighted by Crippen LogP contribution is 2.38. The van der Waals surface area contributed by atoms with E-state index >= 15 is 0 Å². The Hall–Kier alpha value is 0.490. The maximum atomic E-state index is 11.7. The number of nitrogens with zero attached hydrogens (tertiary/aromatic N) is 1. The SMILES string of the molecule is CS(=O)(=O)N1CCCC(CC(NN)c2cc(Br)sc2Br)C1. The van der Waals surface area contributed by atoms with Gasteiger partial charge >= 0.3 is 0 Å². The third-order valence-electron chi connectivity index (χ3n) is 3.78. The molecule has 0 saturated carbocycles. The lowest BCUT2D eigenvalue weighted by Gasteiger charge is -2.32. The number of nitrogens with one attached hydrogen (secondary N) is 1. The number of rotatable bonds is 5. The van der Waals surface area contributed by atoms with Gasteiger partial charge in [0, 0.05) is 19.1 Å². The minimum Gasteiger partial charge on any atom is -0.271 e. The zero-order valence-corrected chi connectivity index (χ0v) is 16.5. The van der Waals surface area contributed by atoms with E-state index in [0.29, 0.717) is 19.0 Å². The third-order valence-corrected chi connectivity index (χ3v) is 7.43. The first-order valence-corrected chi connectivity index (χ1v) is 10.9. The number of halogens is 2. The number of piperidine rings is 1. The lowest BCUT2D eigenvalue weighted by Crippen LogP contribution is -2.41. The van der Waals surface area contributed by atoms with Crippen LogP contribution in [0.2, 0.25) is 0 Å². The molecule has 2 atom stereocenters. The Morgan fingerprint density at radius 3 is 2.81 bits per heavy atom. The molecule has 2 rings (SSSR count). The van der Waals surface area contributed by atoms with Crippen molar-refractivity contribution in [2.45, 2.75) is 25.3 Å². The Balaban J connectivity index is 2.07. The Morgan fingerprint density at radius 2 is 2.29 bits per heavy atom. The highest BCUT2D eigenvalue weighted by Gasteiger charge is 2.28. The average Bonchev–Trinajstić information content (AvgIpc) is 2.74. The maximum Gasteiger partial charge on any atom is 0.211 e. The van der Waals surface area contributed by atoms with E-state index in [4.69, 9.17) is 5.84 Å². The molecule has 0 aromatic carbocycles. The van der Waals surface area contributed by atoms with Gasteiger partial charge in [0.25, 0.3) is 0 Å². The zero-order chi connectivity index (χ0) is 15.6. The molecule has 0 spiro atoms. The van der Waals surface area contributed by atoms with E-state index in [1.807, 2.05) is 0 Å². The standard InChI is InChI=1S/C12H19Br2N3O2S2/c1-21(18,19)17-4-2-3-8(7-17)5-10(16-15)9-6-11(13)20-12(9)14/h6,8,10,16H,2-5,7,15H2,1H3. The Labute approximate surface area is 146 Å². The van der Waals surface area contributed by atoms with Crippen molar-refractivity contribution in [3.63, 3.8) is 0 Å². The summed E-state index contributed by atoms with van der Waals surface area (Å²) in [6.45, 7) is 1.21. The monoisotopic (exact) mass is 459 g/mol. The predicted molar refractivity (Wildman–Crippen MR) is 93.5 cm³/mol. The minimum atomic E-state index is -3.10. The summed E-state index contributed by atoms with van der Waals surface area (Å²) in [5.74, 6) is 6.03. The van der Waals surface area contributed by atoms with Crippen LogP contribution < -0.4 is 11.3 Å². The van der Waals surface area contributed by atoms with Crippen molar-refractivity contribution in [3.8, 4) is 0 Å². The fourth-order valence-corrected chi connectivity index (χ4v) is 6.65. The summed E-state index contributed by atoms with van der Waals surface area (Å²) in [5.41, 5.74) is 3.98. The largest absolute Gasteiger partial charge is 0.271 e. The molecule has 120 valence electrons. The van der Waals surface area contributed by atoms with E-state index in [0.717, 1.165) is 32.4 Å². The van der Waals surface area contributed by atoms with Gasteiger partial charge in [-0.05, 0) is 68.7 Å². The molecule has 1 aliphatic heterocycles. The number of sulfonamides is 1. The molecule has 0 radical (unpaired) electrons. The molecule has 9 heteroatoms. The van der Waals surface area contributed by atoms with E-state index in [1.54, 1.807) is 15.6 Å². The van der Waals surface area contributed by atoms with Crippen molar-refractivity contribution in [1.82, 2.24) is 9.73 Å². The van der Waals surface area contributed by atoms with E-state index in [1.165, 1.54) is 6.26 Å². The minimum absolute atomic E-state index is 0.0198. The van der Waals surface area contributed by atoms with Crippen LogP contribution in [0, 0.1) is 5.92 Å². The summed E-state index contributed by atoms with van der Waals surface area (Å²) in [7, 11) is -3.10. The van der Waals surface area contributed by atoms with Gasteiger partial charge in [0.15, 0.2) is 0 Å². The van der Waals surface area contributed by atoms with Gasteiger partial charge < -0.3 is 0 Å². The van der Waals surface area contributed by atoms with Gasteiger partial charge in [-0.1, -0.05) is 0 Å². The van der Waals surface area contributed by atoms with Crippen LogP contribution in [-0.2, 0) is 10.0 Å². The molecule has 5 nitrogen and oxygen atoms in total. The van der Waals surface area contributed by atoms with Crippen molar-refractivity contribution >= 4 is 53.2 Å². The molecular formula is C12H19Br2N3O2S2. The fourth-order valence-electron chi connectivity index (χ4n) is 2.73. The second kappa shape index (κ2) is 7.37. The molecule has 1 saturated heterocycles. The Bertz CT molecular complexity index is 591. The quantitative estimate of drug-likeness (QED) is 0.523.